The molecule has 0 spiro atoms. The van der Waals surface area contributed by atoms with Crippen molar-refractivity contribution in [3.63, 3.8) is 0 Å². The van der Waals surface area contributed by atoms with Crippen LogP contribution in [0.2, 0.25) is 5.15 Å². The van der Waals surface area contributed by atoms with Crippen LogP contribution in [0.1, 0.15) is 41.3 Å². The molecular weight excluding hydrogens is 291 g/mol. The molecule has 21 heavy (non-hydrogen) atoms. The van der Waals surface area contributed by atoms with Gasteiger partial charge < -0.3 is 5.32 Å². The van der Waals surface area contributed by atoms with E-state index in [0.29, 0.717) is 12.5 Å². The van der Waals surface area contributed by atoms with Gasteiger partial charge in [0.1, 0.15) is 11.0 Å². The summed E-state index contributed by atoms with van der Waals surface area (Å²) in [5.41, 5.74) is 2.24. The molecule has 0 fully saturated rings. The average Bonchev–Trinajstić information content (AvgIpc) is 2.47. The SMILES string of the molecule is CC(C)c1ccc(CNC(=O)c2cc(F)cnc2Cl)cc1. The molecule has 1 amide bonds. The smallest absolute Gasteiger partial charge is 0.254 e. The Balaban J connectivity index is 2.02. The highest BCUT2D eigenvalue weighted by Gasteiger charge is 2.12. The van der Waals surface area contributed by atoms with Crippen LogP contribution in [0.25, 0.3) is 0 Å². The molecule has 3 nitrogen and oxygen atoms in total. The van der Waals surface area contributed by atoms with E-state index in [1.807, 2.05) is 24.3 Å². The number of nitrogens with one attached hydrogen (secondary N) is 1. The molecule has 1 aromatic carbocycles. The second kappa shape index (κ2) is 6.68. The van der Waals surface area contributed by atoms with Gasteiger partial charge in [0.25, 0.3) is 5.91 Å². The van der Waals surface area contributed by atoms with Crippen LogP contribution >= 0.6 is 11.6 Å². The van der Waals surface area contributed by atoms with E-state index in [9.17, 15) is 9.18 Å². The largest absolute Gasteiger partial charge is 0.348 e. The lowest BCUT2D eigenvalue weighted by molar-refractivity contribution is 0.0950. The summed E-state index contributed by atoms with van der Waals surface area (Å²) in [5, 5.41) is 2.69. The number of carbonyl (C=O) groups is 1. The summed E-state index contributed by atoms with van der Waals surface area (Å²) in [6.07, 6.45) is 0.976. The Morgan fingerprint density at radius 1 is 1.33 bits per heavy atom. The number of hydrogen-bond donors (Lipinski definition) is 1. The summed E-state index contributed by atoms with van der Waals surface area (Å²) in [7, 11) is 0. The van der Waals surface area contributed by atoms with E-state index in [2.05, 4.69) is 24.1 Å². The van der Waals surface area contributed by atoms with Gasteiger partial charge in [-0.05, 0) is 23.1 Å². The maximum atomic E-state index is 13.1. The first-order valence-electron chi connectivity index (χ1n) is 6.65. The Hall–Kier alpha value is -1.94. The molecule has 0 saturated heterocycles. The lowest BCUT2D eigenvalue weighted by Gasteiger charge is -2.09. The number of aromatic nitrogens is 1. The lowest BCUT2D eigenvalue weighted by atomic mass is 10.0. The molecule has 110 valence electrons. The van der Waals surface area contributed by atoms with E-state index in [4.69, 9.17) is 11.6 Å². The highest BCUT2D eigenvalue weighted by atomic mass is 35.5. The Morgan fingerprint density at radius 3 is 2.62 bits per heavy atom. The predicted octanol–water partition coefficient (Wildman–Crippen LogP) is 3.93. The highest BCUT2D eigenvalue weighted by molar-refractivity contribution is 6.32. The van der Waals surface area contributed by atoms with Gasteiger partial charge in [0.2, 0.25) is 0 Å². The molecule has 0 aliphatic rings. The topological polar surface area (TPSA) is 42.0 Å². The maximum Gasteiger partial charge on any atom is 0.254 e. The Bertz CT molecular complexity index is 641. The third kappa shape index (κ3) is 4.02. The minimum atomic E-state index is -0.592. The predicted molar refractivity (Wildman–Crippen MR) is 80.9 cm³/mol. The molecule has 0 radical (unpaired) electrons. The van der Waals surface area contributed by atoms with Crippen molar-refractivity contribution in [3.05, 3.63) is 64.2 Å². The van der Waals surface area contributed by atoms with Gasteiger partial charge in [-0.15, -0.1) is 0 Å². The molecule has 0 aliphatic heterocycles. The van der Waals surface area contributed by atoms with Crippen molar-refractivity contribution in [2.45, 2.75) is 26.3 Å². The summed E-state index contributed by atoms with van der Waals surface area (Å²) in [5.74, 6) is -0.573. The number of benzene rings is 1. The van der Waals surface area contributed by atoms with Gasteiger partial charge in [-0.2, -0.15) is 0 Å². The second-order valence-electron chi connectivity index (χ2n) is 5.07. The molecule has 0 atom stereocenters. The third-order valence-electron chi connectivity index (χ3n) is 3.15. The molecule has 5 heteroatoms. The molecular formula is C16H16ClFN2O. The first kappa shape index (κ1) is 15.4. The number of nitrogens with zero attached hydrogens (tertiary/aromatic N) is 1. The third-order valence-corrected chi connectivity index (χ3v) is 3.45. The van der Waals surface area contributed by atoms with Gasteiger partial charge in [-0.25, -0.2) is 9.37 Å². The van der Waals surface area contributed by atoms with Crippen molar-refractivity contribution in [1.29, 1.82) is 0 Å². The maximum absolute atomic E-state index is 13.1. The summed E-state index contributed by atoms with van der Waals surface area (Å²) in [4.78, 5) is 15.6. The van der Waals surface area contributed by atoms with Gasteiger partial charge in [-0.3, -0.25) is 4.79 Å². The molecule has 0 saturated carbocycles. The molecule has 1 N–H and O–H groups in total. The van der Waals surface area contributed by atoms with Crippen LogP contribution < -0.4 is 5.32 Å². The fourth-order valence-corrected chi connectivity index (χ4v) is 2.07. The number of pyridine rings is 1. The van der Waals surface area contributed by atoms with Crippen molar-refractivity contribution in [2.24, 2.45) is 0 Å². The van der Waals surface area contributed by atoms with Crippen LogP contribution in [0.15, 0.2) is 36.5 Å². The molecule has 0 bridgehead atoms. The van der Waals surface area contributed by atoms with Gasteiger partial charge in [-0.1, -0.05) is 49.7 Å². The van der Waals surface area contributed by atoms with Gasteiger partial charge in [0.15, 0.2) is 0 Å². The van der Waals surface area contributed by atoms with Crippen LogP contribution in [-0.2, 0) is 6.54 Å². The van der Waals surface area contributed by atoms with Crippen LogP contribution in [-0.4, -0.2) is 10.9 Å². The van der Waals surface area contributed by atoms with Crippen molar-refractivity contribution in [1.82, 2.24) is 10.3 Å². The van der Waals surface area contributed by atoms with E-state index < -0.39 is 11.7 Å². The van der Waals surface area contributed by atoms with E-state index in [1.54, 1.807) is 0 Å². The molecule has 1 heterocycles. The van der Waals surface area contributed by atoms with Gasteiger partial charge in [0, 0.05) is 6.54 Å². The molecule has 0 aliphatic carbocycles. The molecule has 2 aromatic rings. The van der Waals surface area contributed by atoms with Crippen LogP contribution in [0.4, 0.5) is 4.39 Å². The van der Waals surface area contributed by atoms with Crippen LogP contribution in [0, 0.1) is 5.82 Å². The summed E-state index contributed by atoms with van der Waals surface area (Å²) in [6, 6.07) is 9.06. The number of halogens is 2. The summed E-state index contributed by atoms with van der Waals surface area (Å²) >= 11 is 5.79. The van der Waals surface area contributed by atoms with E-state index in [1.165, 1.54) is 5.56 Å². The number of hydrogen-bond acceptors (Lipinski definition) is 2. The first-order chi connectivity index (χ1) is 9.97. The minimum absolute atomic E-state index is 0.0101. The van der Waals surface area contributed by atoms with Crippen molar-refractivity contribution >= 4 is 17.5 Å². The van der Waals surface area contributed by atoms with E-state index in [-0.39, 0.29) is 10.7 Å². The van der Waals surface area contributed by atoms with Crippen LogP contribution in [0.3, 0.4) is 0 Å². The number of amides is 1. The fourth-order valence-electron chi connectivity index (χ4n) is 1.88. The van der Waals surface area contributed by atoms with Crippen molar-refractivity contribution < 1.29 is 9.18 Å². The molecule has 2 rings (SSSR count). The minimum Gasteiger partial charge on any atom is -0.348 e. The van der Waals surface area contributed by atoms with Crippen molar-refractivity contribution in [2.75, 3.05) is 0 Å². The Kier molecular flexibility index (Phi) is 4.91. The zero-order valence-corrected chi connectivity index (χ0v) is 12.6. The lowest BCUT2D eigenvalue weighted by Crippen LogP contribution is -2.23. The van der Waals surface area contributed by atoms with Crippen molar-refractivity contribution in [3.8, 4) is 0 Å². The molecule has 1 aromatic heterocycles. The van der Waals surface area contributed by atoms with E-state index >= 15 is 0 Å². The monoisotopic (exact) mass is 306 g/mol. The normalized spacial score (nSPS) is 10.7. The summed E-state index contributed by atoms with van der Waals surface area (Å²) in [6.45, 7) is 4.59. The molecule has 0 unspecified atom stereocenters. The standard InChI is InChI=1S/C16H16ClFN2O/c1-10(2)12-5-3-11(4-6-12)8-20-16(21)14-7-13(18)9-19-15(14)17/h3-7,9-10H,8H2,1-2H3,(H,20,21). The quantitative estimate of drug-likeness (QED) is 0.870. The second-order valence-corrected chi connectivity index (χ2v) is 5.43. The average molecular weight is 307 g/mol. The summed E-state index contributed by atoms with van der Waals surface area (Å²) < 4.78 is 13.1. The zero-order valence-electron chi connectivity index (χ0n) is 11.9. The fraction of sp³-hybridized carbons (Fsp3) is 0.250. The van der Waals surface area contributed by atoms with Gasteiger partial charge in [0.05, 0.1) is 11.8 Å². The number of carbonyl (C=O) groups excluding carboxylic acids is 1. The van der Waals surface area contributed by atoms with Crippen LogP contribution in [0.5, 0.6) is 0 Å². The van der Waals surface area contributed by atoms with Gasteiger partial charge >= 0.3 is 0 Å². The van der Waals surface area contributed by atoms with E-state index in [0.717, 1.165) is 17.8 Å². The first-order valence-corrected chi connectivity index (χ1v) is 7.03. The zero-order chi connectivity index (χ0) is 15.4. The Morgan fingerprint density at radius 2 is 2.00 bits per heavy atom. The Labute approximate surface area is 128 Å². The number of rotatable bonds is 4. The highest BCUT2D eigenvalue weighted by Crippen LogP contribution is 2.16.